The quantitative estimate of drug-likeness (QED) is 0.905. The first-order valence-electron chi connectivity index (χ1n) is 7.30. The van der Waals surface area contributed by atoms with Crippen molar-refractivity contribution < 1.29 is 13.6 Å². The first-order valence-corrected chi connectivity index (χ1v) is 7.30. The van der Waals surface area contributed by atoms with Gasteiger partial charge in [-0.15, -0.1) is 0 Å². The van der Waals surface area contributed by atoms with E-state index < -0.39 is 17.7 Å². The van der Waals surface area contributed by atoms with Crippen molar-refractivity contribution >= 4 is 11.6 Å². The molecule has 1 atom stereocenters. The van der Waals surface area contributed by atoms with Crippen molar-refractivity contribution in [3.8, 4) is 0 Å². The van der Waals surface area contributed by atoms with Crippen molar-refractivity contribution in [2.75, 3.05) is 13.1 Å². The van der Waals surface area contributed by atoms with Gasteiger partial charge in [-0.2, -0.15) is 0 Å². The molecular weight excluding hydrogens is 298 g/mol. The summed E-state index contributed by atoms with van der Waals surface area (Å²) < 4.78 is 27.5. The average Bonchev–Trinajstić information content (AvgIpc) is 2.57. The summed E-state index contributed by atoms with van der Waals surface area (Å²) in [5.41, 5.74) is 7.12. The van der Waals surface area contributed by atoms with E-state index >= 15 is 0 Å². The lowest BCUT2D eigenvalue weighted by molar-refractivity contribution is 0.211. The number of rotatable bonds is 2. The summed E-state index contributed by atoms with van der Waals surface area (Å²) in [5, 5.41) is 0. The molecule has 0 spiro atoms. The van der Waals surface area contributed by atoms with Crippen LogP contribution in [0.4, 0.5) is 13.6 Å². The number of hydrogen-bond acceptors (Lipinski definition) is 1. The van der Waals surface area contributed by atoms with E-state index in [1.165, 1.54) is 4.90 Å². The van der Waals surface area contributed by atoms with E-state index in [-0.39, 0.29) is 18.0 Å². The maximum atomic E-state index is 14.1. The Labute approximate surface area is 133 Å². The van der Waals surface area contributed by atoms with Gasteiger partial charge >= 0.3 is 6.03 Å². The molecule has 2 N–H and O–H groups in total. The second kappa shape index (κ2) is 6.20. The van der Waals surface area contributed by atoms with Crippen molar-refractivity contribution in [1.29, 1.82) is 0 Å². The molecule has 1 aliphatic heterocycles. The molecule has 0 aliphatic carbocycles. The van der Waals surface area contributed by atoms with Gasteiger partial charge in [0, 0.05) is 24.6 Å². The van der Waals surface area contributed by atoms with E-state index in [1.807, 2.05) is 36.4 Å². The van der Waals surface area contributed by atoms with Gasteiger partial charge in [0.25, 0.3) is 0 Å². The van der Waals surface area contributed by atoms with Crippen LogP contribution in [0.15, 0.2) is 54.6 Å². The molecule has 0 radical (unpaired) electrons. The number of nitrogens with zero attached hydrogens (tertiary/aromatic N) is 1. The van der Waals surface area contributed by atoms with Gasteiger partial charge in [0.2, 0.25) is 0 Å². The Hall–Kier alpha value is -2.69. The number of urea groups is 1. The fraction of sp³-hybridized carbons (Fsp3) is 0.167. The summed E-state index contributed by atoms with van der Waals surface area (Å²) in [7, 11) is 0. The molecule has 1 unspecified atom stereocenters. The number of halogens is 2. The van der Waals surface area contributed by atoms with E-state index in [1.54, 1.807) is 0 Å². The summed E-state index contributed by atoms with van der Waals surface area (Å²) in [6, 6.07) is 12.3. The molecule has 5 heteroatoms. The van der Waals surface area contributed by atoms with Crippen LogP contribution in [0.1, 0.15) is 17.0 Å². The SMILES string of the molecule is NC(=O)N1CC(c2cc(F)ccc2F)=CC(c2ccccc2)C1. The standard InChI is InChI=1S/C18H16F2N2O/c19-15-6-7-17(20)16(9-15)14-8-13(10-22(11-14)18(21)23)12-4-2-1-3-5-12/h1-9,13H,10-11H2,(H2,21,23). The zero-order valence-corrected chi connectivity index (χ0v) is 12.4. The van der Waals surface area contributed by atoms with E-state index in [4.69, 9.17) is 5.73 Å². The molecule has 2 amide bonds. The molecule has 0 bridgehead atoms. The maximum Gasteiger partial charge on any atom is 0.315 e. The molecule has 23 heavy (non-hydrogen) atoms. The fourth-order valence-corrected chi connectivity index (χ4v) is 2.84. The summed E-state index contributed by atoms with van der Waals surface area (Å²) in [4.78, 5) is 13.1. The molecule has 0 fully saturated rings. The molecule has 118 valence electrons. The summed E-state index contributed by atoms with van der Waals surface area (Å²) in [5.74, 6) is -1.15. The number of nitrogens with two attached hydrogens (primary N) is 1. The molecule has 1 aliphatic rings. The van der Waals surface area contributed by atoms with Crippen molar-refractivity contribution in [3.63, 3.8) is 0 Å². The van der Waals surface area contributed by atoms with Crippen LogP contribution in [0.2, 0.25) is 0 Å². The van der Waals surface area contributed by atoms with Crippen molar-refractivity contribution in [1.82, 2.24) is 4.90 Å². The molecule has 0 saturated heterocycles. The Kier molecular flexibility index (Phi) is 4.10. The van der Waals surface area contributed by atoms with Crippen LogP contribution in [0.25, 0.3) is 5.57 Å². The van der Waals surface area contributed by atoms with Gasteiger partial charge in [-0.3, -0.25) is 0 Å². The van der Waals surface area contributed by atoms with Gasteiger partial charge < -0.3 is 10.6 Å². The Morgan fingerprint density at radius 1 is 1.13 bits per heavy atom. The molecule has 2 aromatic carbocycles. The number of amides is 2. The molecule has 3 nitrogen and oxygen atoms in total. The number of hydrogen-bond donors (Lipinski definition) is 1. The van der Waals surface area contributed by atoms with Gasteiger partial charge in [-0.1, -0.05) is 36.4 Å². The predicted molar refractivity (Wildman–Crippen MR) is 84.7 cm³/mol. The van der Waals surface area contributed by atoms with E-state index in [0.717, 1.165) is 23.8 Å². The van der Waals surface area contributed by atoms with Gasteiger partial charge in [0.15, 0.2) is 0 Å². The van der Waals surface area contributed by atoms with Crippen molar-refractivity contribution in [2.24, 2.45) is 5.73 Å². The molecule has 1 heterocycles. The summed E-state index contributed by atoms with van der Waals surface area (Å²) in [6.07, 6.45) is 1.88. The first kappa shape index (κ1) is 15.2. The highest BCUT2D eigenvalue weighted by molar-refractivity contribution is 5.78. The molecule has 0 saturated carbocycles. The highest BCUT2D eigenvalue weighted by Crippen LogP contribution is 2.31. The average molecular weight is 314 g/mol. The number of benzene rings is 2. The third-order valence-corrected chi connectivity index (χ3v) is 3.99. The minimum Gasteiger partial charge on any atom is -0.351 e. The number of primary amides is 1. The molecular formula is C18H16F2N2O. The Morgan fingerprint density at radius 3 is 2.57 bits per heavy atom. The van der Waals surface area contributed by atoms with Crippen LogP contribution in [0, 0.1) is 11.6 Å². The first-order chi connectivity index (χ1) is 11.0. The number of carbonyl (C=O) groups is 1. The summed E-state index contributed by atoms with van der Waals surface area (Å²) >= 11 is 0. The second-order valence-corrected chi connectivity index (χ2v) is 5.55. The molecule has 3 rings (SSSR count). The van der Waals surface area contributed by atoms with Crippen LogP contribution >= 0.6 is 0 Å². The van der Waals surface area contributed by atoms with E-state index in [9.17, 15) is 13.6 Å². The lowest BCUT2D eigenvalue weighted by Gasteiger charge is -2.31. The van der Waals surface area contributed by atoms with Crippen LogP contribution in [-0.2, 0) is 0 Å². The zero-order valence-electron chi connectivity index (χ0n) is 12.4. The molecule has 0 aromatic heterocycles. The predicted octanol–water partition coefficient (Wildman–Crippen LogP) is 3.53. The minimum absolute atomic E-state index is 0.116. The maximum absolute atomic E-state index is 14.1. The van der Waals surface area contributed by atoms with Crippen molar-refractivity contribution in [2.45, 2.75) is 5.92 Å². The van der Waals surface area contributed by atoms with Crippen molar-refractivity contribution in [3.05, 3.63) is 77.4 Å². The second-order valence-electron chi connectivity index (χ2n) is 5.55. The zero-order chi connectivity index (χ0) is 16.4. The minimum atomic E-state index is -0.576. The highest BCUT2D eigenvalue weighted by atomic mass is 19.1. The third kappa shape index (κ3) is 3.23. The lowest BCUT2D eigenvalue weighted by atomic mass is 9.90. The topological polar surface area (TPSA) is 46.3 Å². The van der Waals surface area contributed by atoms with Crippen LogP contribution < -0.4 is 5.73 Å². The fourth-order valence-electron chi connectivity index (χ4n) is 2.84. The monoisotopic (exact) mass is 314 g/mol. The highest BCUT2D eigenvalue weighted by Gasteiger charge is 2.25. The van der Waals surface area contributed by atoms with Crippen LogP contribution in [0.3, 0.4) is 0 Å². The summed E-state index contributed by atoms with van der Waals surface area (Å²) in [6.45, 7) is 0.582. The van der Waals surface area contributed by atoms with Gasteiger partial charge in [0.05, 0.1) is 0 Å². The van der Waals surface area contributed by atoms with Crippen LogP contribution in [-0.4, -0.2) is 24.0 Å². The van der Waals surface area contributed by atoms with Gasteiger partial charge in [-0.25, -0.2) is 13.6 Å². The normalized spacial score (nSPS) is 17.7. The smallest absolute Gasteiger partial charge is 0.315 e. The van der Waals surface area contributed by atoms with Gasteiger partial charge in [0.1, 0.15) is 11.6 Å². The van der Waals surface area contributed by atoms with Crippen LogP contribution in [0.5, 0.6) is 0 Å². The lowest BCUT2D eigenvalue weighted by Crippen LogP contribution is -2.41. The van der Waals surface area contributed by atoms with E-state index in [0.29, 0.717) is 12.1 Å². The van der Waals surface area contributed by atoms with E-state index in [2.05, 4.69) is 0 Å². The molecule has 2 aromatic rings. The Bertz CT molecular complexity index is 759. The van der Waals surface area contributed by atoms with Gasteiger partial charge in [-0.05, 0) is 29.3 Å². The number of carbonyl (C=O) groups excluding carboxylic acids is 1. The Morgan fingerprint density at radius 2 is 1.87 bits per heavy atom. The largest absolute Gasteiger partial charge is 0.351 e. The third-order valence-electron chi connectivity index (χ3n) is 3.99. The Balaban J connectivity index is 2.04.